The highest BCUT2D eigenvalue weighted by Gasteiger charge is 2.09. The lowest BCUT2D eigenvalue weighted by molar-refractivity contribution is 0.238. The van der Waals surface area contributed by atoms with Gasteiger partial charge in [-0.25, -0.2) is 4.79 Å². The average Bonchev–Trinajstić information content (AvgIpc) is 2.50. The first-order chi connectivity index (χ1) is 10.6. The van der Waals surface area contributed by atoms with E-state index in [1.54, 1.807) is 6.20 Å². The Morgan fingerprint density at radius 2 is 2.05 bits per heavy atom. The fourth-order valence-corrected chi connectivity index (χ4v) is 2.39. The summed E-state index contributed by atoms with van der Waals surface area (Å²) in [5.41, 5.74) is 4.65. The van der Waals surface area contributed by atoms with Crippen LogP contribution in [0.2, 0.25) is 0 Å². The maximum absolute atomic E-state index is 11.9. The van der Waals surface area contributed by atoms with Crippen molar-refractivity contribution >= 4 is 6.03 Å². The van der Waals surface area contributed by atoms with Crippen LogP contribution in [-0.4, -0.2) is 17.6 Å². The lowest BCUT2D eigenvalue weighted by Gasteiger charge is -2.14. The molecule has 0 aliphatic carbocycles. The zero-order valence-corrected chi connectivity index (χ0v) is 13.4. The lowest BCUT2D eigenvalue weighted by Crippen LogP contribution is -2.38. The molecule has 22 heavy (non-hydrogen) atoms. The van der Waals surface area contributed by atoms with Gasteiger partial charge in [0, 0.05) is 12.7 Å². The van der Waals surface area contributed by atoms with Gasteiger partial charge in [0.15, 0.2) is 0 Å². The summed E-state index contributed by atoms with van der Waals surface area (Å²) in [6.07, 6.45) is 2.56. The van der Waals surface area contributed by atoms with Crippen LogP contribution in [0.15, 0.2) is 42.6 Å². The van der Waals surface area contributed by atoms with Gasteiger partial charge in [-0.05, 0) is 50.5 Å². The first-order valence-corrected chi connectivity index (χ1v) is 7.57. The van der Waals surface area contributed by atoms with Crippen molar-refractivity contribution in [2.75, 3.05) is 6.54 Å². The molecule has 2 amide bonds. The van der Waals surface area contributed by atoms with Gasteiger partial charge in [0.1, 0.15) is 0 Å². The number of carbonyl (C=O) groups is 1. The van der Waals surface area contributed by atoms with E-state index in [-0.39, 0.29) is 12.1 Å². The number of nitrogens with one attached hydrogen (secondary N) is 2. The summed E-state index contributed by atoms with van der Waals surface area (Å²) in [6.45, 7) is 6.73. The summed E-state index contributed by atoms with van der Waals surface area (Å²) < 4.78 is 0. The van der Waals surface area contributed by atoms with Crippen LogP contribution in [0.4, 0.5) is 4.79 Å². The maximum Gasteiger partial charge on any atom is 0.315 e. The highest BCUT2D eigenvalue weighted by Crippen LogP contribution is 2.11. The molecule has 1 aromatic carbocycles. The van der Waals surface area contributed by atoms with Crippen molar-refractivity contribution in [3.05, 3.63) is 65.0 Å². The number of hydrogen-bond donors (Lipinski definition) is 2. The van der Waals surface area contributed by atoms with Crippen LogP contribution in [0.1, 0.15) is 35.3 Å². The lowest BCUT2D eigenvalue weighted by atomic mass is 10.0. The molecule has 1 heterocycles. The number of aryl methyl sites for hydroxylation is 2. The Hall–Kier alpha value is -2.36. The summed E-state index contributed by atoms with van der Waals surface area (Å²) in [5, 5.41) is 5.79. The van der Waals surface area contributed by atoms with Crippen molar-refractivity contribution in [1.82, 2.24) is 15.6 Å². The molecule has 4 nitrogen and oxygen atoms in total. The molecule has 0 spiro atoms. The second-order valence-corrected chi connectivity index (χ2v) is 5.56. The fourth-order valence-electron chi connectivity index (χ4n) is 2.39. The summed E-state index contributed by atoms with van der Waals surface area (Å²) in [4.78, 5) is 16.1. The zero-order chi connectivity index (χ0) is 15.9. The molecular weight excluding hydrogens is 274 g/mol. The Morgan fingerprint density at radius 1 is 1.23 bits per heavy atom. The van der Waals surface area contributed by atoms with Crippen LogP contribution >= 0.6 is 0 Å². The normalized spacial score (nSPS) is 11.8. The maximum atomic E-state index is 11.9. The Bertz CT molecular complexity index is 625. The van der Waals surface area contributed by atoms with Gasteiger partial charge in [0.25, 0.3) is 0 Å². The summed E-state index contributed by atoms with van der Waals surface area (Å²) in [7, 11) is 0. The number of hydrogen-bond acceptors (Lipinski definition) is 2. The number of urea groups is 1. The van der Waals surface area contributed by atoms with E-state index in [2.05, 4.69) is 47.7 Å². The predicted octanol–water partition coefficient (Wildman–Crippen LogP) is 3.30. The molecule has 2 aromatic rings. The molecule has 0 radical (unpaired) electrons. The van der Waals surface area contributed by atoms with E-state index >= 15 is 0 Å². The molecule has 1 aromatic heterocycles. The molecule has 0 saturated heterocycles. The second-order valence-electron chi connectivity index (χ2n) is 5.56. The third-order valence-corrected chi connectivity index (χ3v) is 3.66. The molecule has 2 N–H and O–H groups in total. The average molecular weight is 297 g/mol. The van der Waals surface area contributed by atoms with Crippen LogP contribution in [0.3, 0.4) is 0 Å². The molecule has 0 aliphatic heterocycles. The Balaban J connectivity index is 1.78. The number of nitrogens with zero attached hydrogens (tertiary/aromatic N) is 1. The van der Waals surface area contributed by atoms with Crippen molar-refractivity contribution in [3.8, 4) is 0 Å². The first kappa shape index (κ1) is 16.0. The van der Waals surface area contributed by atoms with Gasteiger partial charge in [0.2, 0.25) is 0 Å². The van der Waals surface area contributed by atoms with E-state index in [1.807, 2.05) is 25.1 Å². The molecule has 0 fully saturated rings. The molecule has 4 heteroatoms. The van der Waals surface area contributed by atoms with Crippen molar-refractivity contribution in [2.45, 2.75) is 33.2 Å². The van der Waals surface area contributed by atoms with Crippen LogP contribution in [0.25, 0.3) is 0 Å². The van der Waals surface area contributed by atoms with Gasteiger partial charge in [-0.15, -0.1) is 0 Å². The highest BCUT2D eigenvalue weighted by atomic mass is 16.2. The van der Waals surface area contributed by atoms with Gasteiger partial charge in [0.05, 0.1) is 11.7 Å². The molecular formula is C18H23N3O. The minimum atomic E-state index is -0.164. The molecule has 0 bridgehead atoms. The number of amides is 2. The van der Waals surface area contributed by atoms with Crippen molar-refractivity contribution in [1.29, 1.82) is 0 Å². The van der Waals surface area contributed by atoms with Gasteiger partial charge in [-0.1, -0.05) is 29.8 Å². The van der Waals surface area contributed by atoms with E-state index in [0.29, 0.717) is 6.54 Å². The minimum absolute atomic E-state index is 0.109. The molecule has 1 atom stereocenters. The van der Waals surface area contributed by atoms with Crippen LogP contribution in [0.5, 0.6) is 0 Å². The van der Waals surface area contributed by atoms with Crippen LogP contribution in [-0.2, 0) is 6.42 Å². The summed E-state index contributed by atoms with van der Waals surface area (Å²) >= 11 is 0. The molecule has 0 aliphatic rings. The van der Waals surface area contributed by atoms with E-state index in [9.17, 15) is 4.79 Å². The van der Waals surface area contributed by atoms with Gasteiger partial charge in [-0.2, -0.15) is 0 Å². The van der Waals surface area contributed by atoms with E-state index in [4.69, 9.17) is 0 Å². The van der Waals surface area contributed by atoms with E-state index < -0.39 is 0 Å². The van der Waals surface area contributed by atoms with Crippen molar-refractivity contribution in [2.24, 2.45) is 0 Å². The Morgan fingerprint density at radius 3 is 2.73 bits per heavy atom. The van der Waals surface area contributed by atoms with E-state index in [0.717, 1.165) is 12.1 Å². The number of pyridine rings is 1. The molecule has 1 unspecified atom stereocenters. The molecule has 0 saturated carbocycles. The number of rotatable bonds is 5. The van der Waals surface area contributed by atoms with Gasteiger partial charge in [-0.3, -0.25) is 4.98 Å². The smallest absolute Gasteiger partial charge is 0.315 e. The summed E-state index contributed by atoms with van der Waals surface area (Å²) in [6, 6.07) is 11.8. The monoisotopic (exact) mass is 297 g/mol. The van der Waals surface area contributed by atoms with E-state index in [1.165, 1.54) is 16.7 Å². The van der Waals surface area contributed by atoms with Crippen LogP contribution in [0, 0.1) is 13.8 Å². The first-order valence-electron chi connectivity index (χ1n) is 7.57. The van der Waals surface area contributed by atoms with Gasteiger partial charge < -0.3 is 10.6 Å². The third kappa shape index (κ3) is 4.58. The van der Waals surface area contributed by atoms with Crippen molar-refractivity contribution in [3.63, 3.8) is 0 Å². The van der Waals surface area contributed by atoms with Crippen molar-refractivity contribution < 1.29 is 4.79 Å². The zero-order valence-electron chi connectivity index (χ0n) is 13.4. The number of aromatic nitrogens is 1. The molecule has 2 rings (SSSR count). The Labute approximate surface area is 132 Å². The number of carbonyl (C=O) groups excluding carboxylic acids is 1. The number of benzene rings is 1. The minimum Gasteiger partial charge on any atom is -0.338 e. The SMILES string of the molecule is Cc1ccc(CCNC(=O)NC(C)c2ccccn2)c(C)c1. The van der Waals surface area contributed by atoms with Gasteiger partial charge >= 0.3 is 6.03 Å². The molecule has 116 valence electrons. The van der Waals surface area contributed by atoms with Crippen LogP contribution < -0.4 is 10.6 Å². The highest BCUT2D eigenvalue weighted by molar-refractivity contribution is 5.74. The third-order valence-electron chi connectivity index (χ3n) is 3.66. The Kier molecular flexibility index (Phi) is 5.53. The standard InChI is InChI=1S/C18H23N3O/c1-13-7-8-16(14(2)12-13)9-11-20-18(22)21-15(3)17-6-4-5-10-19-17/h4-8,10,12,15H,9,11H2,1-3H3,(H2,20,21,22). The predicted molar refractivity (Wildman–Crippen MR) is 88.8 cm³/mol. The second kappa shape index (κ2) is 7.59. The fraction of sp³-hybridized carbons (Fsp3) is 0.333. The quantitative estimate of drug-likeness (QED) is 0.889. The topological polar surface area (TPSA) is 54.0 Å². The largest absolute Gasteiger partial charge is 0.338 e. The summed E-state index contributed by atoms with van der Waals surface area (Å²) in [5.74, 6) is 0.